The average molecular weight is 440 g/mol. The molecule has 10 nitrogen and oxygen atoms in total. The Hall–Kier alpha value is -3.73. The molecule has 31 heavy (non-hydrogen) atoms. The van der Waals surface area contributed by atoms with E-state index in [0.29, 0.717) is 11.5 Å². The molecule has 1 aliphatic rings. The van der Waals surface area contributed by atoms with Gasteiger partial charge in [0.2, 0.25) is 0 Å². The van der Waals surface area contributed by atoms with Crippen LogP contribution in [0, 0.1) is 10.1 Å². The molecule has 2 N–H and O–H groups in total. The van der Waals surface area contributed by atoms with Crippen molar-refractivity contribution in [3.05, 3.63) is 70.9 Å². The molecule has 1 saturated heterocycles. The fraction of sp³-hybridized carbons (Fsp3) is 0.200. The average Bonchev–Trinajstić information content (AvgIpc) is 3.30. The molecule has 11 heteroatoms. The van der Waals surface area contributed by atoms with E-state index in [1.54, 1.807) is 30.5 Å². The molecule has 4 rings (SSSR count). The summed E-state index contributed by atoms with van der Waals surface area (Å²) in [7, 11) is -3.86. The Morgan fingerprint density at radius 2 is 1.61 bits per heavy atom. The maximum absolute atomic E-state index is 12.5. The first-order chi connectivity index (χ1) is 14.9. The zero-order valence-corrected chi connectivity index (χ0v) is 17.2. The monoisotopic (exact) mass is 440 g/mol. The van der Waals surface area contributed by atoms with Crippen LogP contribution >= 0.6 is 0 Å². The van der Waals surface area contributed by atoms with E-state index in [1.807, 2.05) is 6.07 Å². The van der Waals surface area contributed by atoms with Crippen LogP contribution in [0.15, 0.2) is 65.7 Å². The Kier molecular flexibility index (Phi) is 5.67. The summed E-state index contributed by atoms with van der Waals surface area (Å²) >= 11 is 0. The lowest BCUT2D eigenvalue weighted by Crippen LogP contribution is -2.18. The van der Waals surface area contributed by atoms with Crippen molar-refractivity contribution in [2.45, 2.75) is 17.7 Å². The molecule has 0 bridgehead atoms. The summed E-state index contributed by atoms with van der Waals surface area (Å²) < 4.78 is 27.5. The van der Waals surface area contributed by atoms with Gasteiger partial charge in [0.1, 0.15) is 0 Å². The number of nitrogens with zero attached hydrogens (tertiary/aromatic N) is 4. The minimum Gasteiger partial charge on any atom is -0.370 e. The highest BCUT2D eigenvalue weighted by atomic mass is 32.2. The predicted octanol–water partition coefficient (Wildman–Crippen LogP) is 3.53. The summed E-state index contributed by atoms with van der Waals surface area (Å²) in [5, 5.41) is 22.0. The van der Waals surface area contributed by atoms with Crippen LogP contribution in [0.4, 0.5) is 28.6 Å². The normalized spacial score (nSPS) is 13.7. The third kappa shape index (κ3) is 4.89. The molecule has 2 heterocycles. The first-order valence-corrected chi connectivity index (χ1v) is 11.1. The van der Waals surface area contributed by atoms with Crippen molar-refractivity contribution in [1.82, 2.24) is 10.2 Å². The minimum atomic E-state index is -3.86. The second-order valence-corrected chi connectivity index (χ2v) is 8.73. The number of non-ortho nitro benzene ring substituents is 1. The number of hydrogen-bond donors (Lipinski definition) is 2. The number of nitro benzene ring substituents is 1. The Bertz CT molecular complexity index is 1180. The fourth-order valence-electron chi connectivity index (χ4n) is 3.30. The predicted molar refractivity (Wildman–Crippen MR) is 117 cm³/mol. The molecular weight excluding hydrogens is 420 g/mol. The smallest absolute Gasteiger partial charge is 0.269 e. The summed E-state index contributed by atoms with van der Waals surface area (Å²) in [6, 6.07) is 13.3. The standard InChI is InChI=1S/C20H20N6O4S/c27-26(28)17-7-9-19(10-8-17)31(29,30)24-16-5-3-15(4-6-16)22-20-13-18(14-21-23-20)25-11-1-2-12-25/h3-10,13-14,24H,1-2,11-12H2,(H,22,23). The van der Waals surface area contributed by atoms with Gasteiger partial charge in [-0.15, -0.1) is 5.10 Å². The zero-order chi connectivity index (χ0) is 21.8. The van der Waals surface area contributed by atoms with Crippen LogP contribution in [0.2, 0.25) is 0 Å². The van der Waals surface area contributed by atoms with Crippen molar-refractivity contribution in [3.63, 3.8) is 0 Å². The molecule has 0 spiro atoms. The van der Waals surface area contributed by atoms with Gasteiger partial charge >= 0.3 is 0 Å². The molecular formula is C20H20N6O4S. The molecule has 1 aromatic heterocycles. The summed E-state index contributed by atoms with van der Waals surface area (Å²) in [5.74, 6) is 0.601. The highest BCUT2D eigenvalue weighted by Crippen LogP contribution is 2.24. The Morgan fingerprint density at radius 1 is 0.968 bits per heavy atom. The molecule has 0 unspecified atom stereocenters. The topological polar surface area (TPSA) is 130 Å². The van der Waals surface area contributed by atoms with Gasteiger partial charge in [-0.2, -0.15) is 5.10 Å². The largest absolute Gasteiger partial charge is 0.370 e. The molecule has 1 fully saturated rings. The van der Waals surface area contributed by atoms with E-state index in [1.165, 1.54) is 25.0 Å². The van der Waals surface area contributed by atoms with Crippen LogP contribution in [0.1, 0.15) is 12.8 Å². The third-order valence-corrected chi connectivity index (χ3v) is 6.28. The van der Waals surface area contributed by atoms with Gasteiger partial charge in [0.15, 0.2) is 5.82 Å². The van der Waals surface area contributed by atoms with Gasteiger partial charge in [-0.05, 0) is 49.2 Å². The highest BCUT2D eigenvalue weighted by molar-refractivity contribution is 7.92. The summed E-state index contributed by atoms with van der Waals surface area (Å²) in [4.78, 5) is 12.3. The first kappa shape index (κ1) is 20.5. The van der Waals surface area contributed by atoms with Crippen molar-refractivity contribution in [3.8, 4) is 0 Å². The number of aromatic nitrogens is 2. The number of anilines is 4. The van der Waals surface area contributed by atoms with Crippen molar-refractivity contribution >= 4 is 38.6 Å². The van der Waals surface area contributed by atoms with E-state index >= 15 is 0 Å². The van der Waals surface area contributed by atoms with Crippen LogP contribution in [0.5, 0.6) is 0 Å². The SMILES string of the molecule is O=[N+]([O-])c1ccc(S(=O)(=O)Nc2ccc(Nc3cc(N4CCCC4)cnn3)cc2)cc1. The second-order valence-electron chi connectivity index (χ2n) is 7.05. The molecule has 3 aromatic rings. The van der Waals surface area contributed by atoms with Gasteiger partial charge in [-0.1, -0.05) is 0 Å². The summed E-state index contributed by atoms with van der Waals surface area (Å²) in [5.41, 5.74) is 1.93. The first-order valence-electron chi connectivity index (χ1n) is 9.63. The molecule has 0 atom stereocenters. The number of nitrogens with one attached hydrogen (secondary N) is 2. The van der Waals surface area contributed by atoms with Gasteiger partial charge in [0.25, 0.3) is 15.7 Å². The summed E-state index contributed by atoms with van der Waals surface area (Å²) in [6.07, 6.45) is 4.08. The van der Waals surface area contributed by atoms with Gasteiger partial charge < -0.3 is 10.2 Å². The van der Waals surface area contributed by atoms with Crippen molar-refractivity contribution < 1.29 is 13.3 Å². The zero-order valence-electron chi connectivity index (χ0n) is 16.4. The molecule has 0 radical (unpaired) electrons. The van der Waals surface area contributed by atoms with E-state index < -0.39 is 14.9 Å². The maximum atomic E-state index is 12.5. The summed E-state index contributed by atoms with van der Waals surface area (Å²) in [6.45, 7) is 2.02. The number of benzene rings is 2. The highest BCUT2D eigenvalue weighted by Gasteiger charge is 2.16. The lowest BCUT2D eigenvalue weighted by atomic mass is 10.3. The van der Waals surface area contributed by atoms with E-state index in [-0.39, 0.29) is 10.6 Å². The quantitative estimate of drug-likeness (QED) is 0.421. The van der Waals surface area contributed by atoms with E-state index in [4.69, 9.17) is 0 Å². The Balaban J connectivity index is 1.43. The van der Waals surface area contributed by atoms with Crippen molar-refractivity contribution in [2.75, 3.05) is 28.0 Å². The van der Waals surface area contributed by atoms with Crippen molar-refractivity contribution in [2.24, 2.45) is 0 Å². The number of sulfonamides is 1. The molecule has 0 amide bonds. The number of hydrogen-bond acceptors (Lipinski definition) is 8. The molecule has 0 saturated carbocycles. The van der Waals surface area contributed by atoms with Crippen LogP contribution in [-0.2, 0) is 10.0 Å². The maximum Gasteiger partial charge on any atom is 0.269 e. The third-order valence-electron chi connectivity index (χ3n) is 4.88. The van der Waals surface area contributed by atoms with Crippen LogP contribution < -0.4 is 14.9 Å². The van der Waals surface area contributed by atoms with E-state index in [0.717, 1.165) is 36.6 Å². The number of nitro groups is 1. The van der Waals surface area contributed by atoms with Crippen LogP contribution in [-0.4, -0.2) is 36.6 Å². The minimum absolute atomic E-state index is 0.0608. The number of rotatable bonds is 7. The lowest BCUT2D eigenvalue weighted by molar-refractivity contribution is -0.384. The second kappa shape index (κ2) is 8.56. The van der Waals surface area contributed by atoms with Gasteiger partial charge in [-0.3, -0.25) is 14.8 Å². The van der Waals surface area contributed by atoms with Crippen LogP contribution in [0.25, 0.3) is 0 Å². The van der Waals surface area contributed by atoms with Crippen LogP contribution in [0.3, 0.4) is 0 Å². The molecule has 0 aliphatic carbocycles. The fourth-order valence-corrected chi connectivity index (χ4v) is 4.35. The molecule has 160 valence electrons. The van der Waals surface area contributed by atoms with Gasteiger partial charge in [-0.25, -0.2) is 8.42 Å². The molecule has 1 aliphatic heterocycles. The Labute approximate surface area is 179 Å². The van der Waals surface area contributed by atoms with Crippen molar-refractivity contribution in [1.29, 1.82) is 0 Å². The lowest BCUT2D eigenvalue weighted by Gasteiger charge is -2.17. The Morgan fingerprint density at radius 3 is 2.26 bits per heavy atom. The molecule has 2 aromatic carbocycles. The van der Waals surface area contributed by atoms with Gasteiger partial charge in [0.05, 0.1) is 21.7 Å². The van der Waals surface area contributed by atoms with E-state index in [9.17, 15) is 18.5 Å². The van der Waals surface area contributed by atoms with E-state index in [2.05, 4.69) is 25.1 Å². The van der Waals surface area contributed by atoms with Gasteiger partial charge in [0, 0.05) is 42.7 Å².